The molecule has 0 spiro atoms. The first-order valence-corrected chi connectivity index (χ1v) is 7.36. The summed E-state index contributed by atoms with van der Waals surface area (Å²) < 4.78 is 14.0. The van der Waals surface area contributed by atoms with E-state index >= 15 is 0 Å². The minimum absolute atomic E-state index is 0.144. The lowest BCUT2D eigenvalue weighted by Gasteiger charge is -2.20. The van der Waals surface area contributed by atoms with Crippen LogP contribution in [-0.2, 0) is 13.1 Å². The van der Waals surface area contributed by atoms with E-state index in [4.69, 9.17) is 0 Å². The molecule has 0 saturated heterocycles. The van der Waals surface area contributed by atoms with E-state index in [1.807, 2.05) is 31.3 Å². The van der Waals surface area contributed by atoms with Gasteiger partial charge in [0.1, 0.15) is 5.82 Å². The smallest absolute Gasteiger partial charge is 0.128 e. The van der Waals surface area contributed by atoms with Crippen molar-refractivity contribution in [3.05, 3.63) is 65.0 Å². The molecule has 0 amide bonds. The van der Waals surface area contributed by atoms with E-state index in [-0.39, 0.29) is 5.82 Å². The number of benzene rings is 2. The molecule has 0 unspecified atom stereocenters. The third-order valence-electron chi connectivity index (χ3n) is 3.54. The van der Waals surface area contributed by atoms with Crippen LogP contribution in [0, 0.1) is 12.7 Å². The van der Waals surface area contributed by atoms with Crippen molar-refractivity contribution in [1.29, 1.82) is 0 Å². The minimum atomic E-state index is -0.144. The average molecular weight is 286 g/mol. The number of hydrogen-bond donors (Lipinski definition) is 1. The summed E-state index contributed by atoms with van der Waals surface area (Å²) in [6, 6.07) is 13.6. The fraction of sp³-hybridized carbons (Fsp3) is 0.333. The first-order chi connectivity index (χ1) is 10.1. The zero-order valence-corrected chi connectivity index (χ0v) is 13.0. The highest BCUT2D eigenvalue weighted by molar-refractivity contribution is 5.48. The van der Waals surface area contributed by atoms with Crippen LogP contribution in [0.5, 0.6) is 0 Å². The molecule has 0 radical (unpaired) electrons. The predicted molar refractivity (Wildman–Crippen MR) is 87.1 cm³/mol. The van der Waals surface area contributed by atoms with Gasteiger partial charge in [-0.15, -0.1) is 0 Å². The predicted octanol–water partition coefficient (Wildman–Crippen LogP) is 3.88. The Bertz CT molecular complexity index is 596. The van der Waals surface area contributed by atoms with Gasteiger partial charge in [0, 0.05) is 31.4 Å². The highest BCUT2D eigenvalue weighted by atomic mass is 19.1. The van der Waals surface area contributed by atoms with Crippen LogP contribution in [0.1, 0.15) is 23.6 Å². The molecule has 0 fully saturated rings. The van der Waals surface area contributed by atoms with Crippen LogP contribution in [0.15, 0.2) is 42.5 Å². The van der Waals surface area contributed by atoms with Crippen LogP contribution >= 0.6 is 0 Å². The SMILES string of the molecule is CCNCc1ccc(F)c(CN(C)c2cccc(C)c2)c1. The molecule has 0 aliphatic rings. The standard InChI is InChI=1S/C18H23FN2/c1-4-20-12-15-8-9-18(19)16(11-15)13-21(3)17-7-5-6-14(2)10-17/h5-11,20H,4,12-13H2,1-3H3. The lowest BCUT2D eigenvalue weighted by molar-refractivity contribution is 0.605. The number of nitrogens with zero attached hydrogens (tertiary/aromatic N) is 1. The van der Waals surface area contributed by atoms with Gasteiger partial charge in [-0.2, -0.15) is 0 Å². The fourth-order valence-electron chi connectivity index (χ4n) is 2.34. The Balaban J connectivity index is 2.14. The van der Waals surface area contributed by atoms with Crippen LogP contribution in [0.3, 0.4) is 0 Å². The van der Waals surface area contributed by atoms with Crippen LogP contribution in [0.25, 0.3) is 0 Å². The third-order valence-corrected chi connectivity index (χ3v) is 3.54. The lowest BCUT2D eigenvalue weighted by Crippen LogP contribution is -2.18. The monoisotopic (exact) mass is 286 g/mol. The summed E-state index contributed by atoms with van der Waals surface area (Å²) in [6.45, 7) is 6.38. The molecule has 2 aromatic carbocycles. The first kappa shape index (κ1) is 15.5. The molecule has 112 valence electrons. The van der Waals surface area contributed by atoms with Crippen molar-refractivity contribution < 1.29 is 4.39 Å². The quantitative estimate of drug-likeness (QED) is 0.867. The van der Waals surface area contributed by atoms with Gasteiger partial charge in [0.2, 0.25) is 0 Å². The van der Waals surface area contributed by atoms with Crippen LogP contribution in [0.4, 0.5) is 10.1 Å². The summed E-state index contributed by atoms with van der Waals surface area (Å²) in [5.74, 6) is -0.144. The van der Waals surface area contributed by atoms with E-state index in [1.54, 1.807) is 6.07 Å². The van der Waals surface area contributed by atoms with Crippen molar-refractivity contribution in [2.45, 2.75) is 26.9 Å². The average Bonchev–Trinajstić information content (AvgIpc) is 2.48. The van der Waals surface area contributed by atoms with E-state index in [0.717, 1.165) is 29.9 Å². The Kier molecular flexibility index (Phi) is 5.34. The van der Waals surface area contributed by atoms with E-state index in [9.17, 15) is 4.39 Å². The van der Waals surface area contributed by atoms with Gasteiger partial charge in [-0.25, -0.2) is 4.39 Å². The molecule has 0 aromatic heterocycles. The van der Waals surface area contributed by atoms with E-state index in [0.29, 0.717) is 6.54 Å². The fourth-order valence-corrected chi connectivity index (χ4v) is 2.34. The van der Waals surface area contributed by atoms with Crippen molar-refractivity contribution in [2.24, 2.45) is 0 Å². The van der Waals surface area contributed by atoms with Gasteiger partial charge >= 0.3 is 0 Å². The third kappa shape index (κ3) is 4.30. The van der Waals surface area contributed by atoms with Gasteiger partial charge in [0.05, 0.1) is 0 Å². The normalized spacial score (nSPS) is 10.7. The number of halogens is 1. The second-order valence-electron chi connectivity index (χ2n) is 5.40. The number of aryl methyl sites for hydroxylation is 1. The van der Waals surface area contributed by atoms with Gasteiger partial charge in [0.25, 0.3) is 0 Å². The molecule has 0 atom stereocenters. The molecule has 2 nitrogen and oxygen atoms in total. The van der Waals surface area contributed by atoms with Crippen molar-refractivity contribution in [3.8, 4) is 0 Å². The van der Waals surface area contributed by atoms with E-state index < -0.39 is 0 Å². The highest BCUT2D eigenvalue weighted by Crippen LogP contribution is 2.19. The molecule has 2 rings (SSSR count). The zero-order chi connectivity index (χ0) is 15.2. The van der Waals surface area contributed by atoms with Gasteiger partial charge in [0.15, 0.2) is 0 Å². The second-order valence-corrected chi connectivity index (χ2v) is 5.40. The Morgan fingerprint density at radius 3 is 2.67 bits per heavy atom. The van der Waals surface area contributed by atoms with Crippen LogP contribution in [0.2, 0.25) is 0 Å². The molecule has 0 heterocycles. The molecule has 21 heavy (non-hydrogen) atoms. The zero-order valence-electron chi connectivity index (χ0n) is 13.0. The molecular formula is C18H23FN2. The summed E-state index contributed by atoms with van der Waals surface area (Å²) >= 11 is 0. The molecule has 3 heteroatoms. The largest absolute Gasteiger partial charge is 0.370 e. The topological polar surface area (TPSA) is 15.3 Å². The Hall–Kier alpha value is -1.87. The summed E-state index contributed by atoms with van der Waals surface area (Å²) in [6.07, 6.45) is 0. The van der Waals surface area contributed by atoms with Crippen LogP contribution in [-0.4, -0.2) is 13.6 Å². The maximum atomic E-state index is 14.0. The summed E-state index contributed by atoms with van der Waals surface area (Å²) in [4.78, 5) is 2.07. The summed E-state index contributed by atoms with van der Waals surface area (Å²) in [7, 11) is 1.99. The number of hydrogen-bond acceptors (Lipinski definition) is 2. The van der Waals surface area contributed by atoms with Crippen molar-refractivity contribution in [3.63, 3.8) is 0 Å². The van der Waals surface area contributed by atoms with E-state index in [2.05, 4.69) is 36.2 Å². The summed E-state index contributed by atoms with van der Waals surface area (Å²) in [5, 5.41) is 3.27. The maximum absolute atomic E-state index is 14.0. The maximum Gasteiger partial charge on any atom is 0.128 e. The Morgan fingerprint density at radius 2 is 1.95 bits per heavy atom. The number of rotatable bonds is 6. The van der Waals surface area contributed by atoms with E-state index in [1.165, 1.54) is 5.56 Å². The van der Waals surface area contributed by atoms with Gasteiger partial charge in [-0.3, -0.25) is 0 Å². The van der Waals surface area contributed by atoms with Crippen molar-refractivity contribution in [1.82, 2.24) is 5.32 Å². The molecule has 0 aliphatic heterocycles. The van der Waals surface area contributed by atoms with Gasteiger partial charge < -0.3 is 10.2 Å². The molecular weight excluding hydrogens is 263 g/mol. The molecule has 2 aromatic rings. The second kappa shape index (κ2) is 7.23. The molecule has 1 N–H and O–H groups in total. The van der Waals surface area contributed by atoms with Crippen molar-refractivity contribution in [2.75, 3.05) is 18.5 Å². The molecule has 0 bridgehead atoms. The number of nitrogens with one attached hydrogen (secondary N) is 1. The van der Waals surface area contributed by atoms with Crippen LogP contribution < -0.4 is 10.2 Å². The number of anilines is 1. The molecule has 0 aliphatic carbocycles. The Labute approximate surface area is 126 Å². The van der Waals surface area contributed by atoms with Gasteiger partial charge in [-0.1, -0.05) is 25.1 Å². The summed E-state index contributed by atoms with van der Waals surface area (Å²) in [5.41, 5.74) is 4.16. The van der Waals surface area contributed by atoms with Gasteiger partial charge in [-0.05, 0) is 48.9 Å². The minimum Gasteiger partial charge on any atom is -0.370 e. The highest BCUT2D eigenvalue weighted by Gasteiger charge is 2.08. The Morgan fingerprint density at radius 1 is 1.14 bits per heavy atom. The lowest BCUT2D eigenvalue weighted by atomic mass is 10.1. The molecule has 0 saturated carbocycles. The van der Waals surface area contributed by atoms with Crippen molar-refractivity contribution >= 4 is 5.69 Å². The first-order valence-electron chi connectivity index (χ1n) is 7.36.